The lowest BCUT2D eigenvalue weighted by molar-refractivity contribution is 0.414. The Morgan fingerprint density at radius 3 is 2.19 bits per heavy atom. The quantitative estimate of drug-likeness (QED) is 0.538. The molecule has 27 heavy (non-hydrogen) atoms. The summed E-state index contributed by atoms with van der Waals surface area (Å²) in [6.45, 7) is 0. The second-order valence-corrected chi connectivity index (χ2v) is 6.26. The van der Waals surface area contributed by atoms with Crippen molar-refractivity contribution < 1.29 is 14.3 Å². The summed E-state index contributed by atoms with van der Waals surface area (Å²) in [5, 5.41) is 11.5. The minimum atomic E-state index is -0.545. The van der Waals surface area contributed by atoms with Gasteiger partial charge in [-0.25, -0.2) is 4.79 Å². The number of methoxy groups -OCH3 is 1. The lowest BCUT2D eigenvalue weighted by Gasteiger charge is -2.19. The van der Waals surface area contributed by atoms with E-state index in [-0.39, 0.29) is 11.3 Å². The standard InChI is InChI=1S/C23H18O4/c1-26-17-13-11-16(12-14-17)20(15-7-3-2-4-8-15)21-22(24)18-9-5-6-10-19(18)27-23(21)25/h2-14,20,24H,1H3. The Morgan fingerprint density at radius 1 is 0.852 bits per heavy atom. The van der Waals surface area contributed by atoms with Crippen molar-refractivity contribution in [2.45, 2.75) is 5.92 Å². The first-order valence-electron chi connectivity index (χ1n) is 8.62. The second kappa shape index (κ2) is 7.00. The van der Waals surface area contributed by atoms with Crippen LogP contribution in [0.2, 0.25) is 0 Å². The van der Waals surface area contributed by atoms with Crippen LogP contribution < -0.4 is 10.4 Å². The zero-order valence-electron chi connectivity index (χ0n) is 14.8. The van der Waals surface area contributed by atoms with E-state index < -0.39 is 11.5 Å². The Kier molecular flexibility index (Phi) is 4.38. The number of hydrogen-bond donors (Lipinski definition) is 1. The smallest absolute Gasteiger partial charge is 0.344 e. The van der Waals surface area contributed by atoms with E-state index in [1.54, 1.807) is 31.4 Å². The molecule has 0 spiro atoms. The van der Waals surface area contributed by atoms with Gasteiger partial charge in [0.2, 0.25) is 0 Å². The number of benzene rings is 3. The van der Waals surface area contributed by atoms with Crippen LogP contribution in [-0.4, -0.2) is 12.2 Å². The van der Waals surface area contributed by atoms with E-state index in [9.17, 15) is 9.90 Å². The first-order chi connectivity index (χ1) is 13.2. The van der Waals surface area contributed by atoms with Crippen LogP contribution in [0.25, 0.3) is 11.0 Å². The van der Waals surface area contributed by atoms with Gasteiger partial charge in [0.05, 0.1) is 18.1 Å². The largest absolute Gasteiger partial charge is 0.507 e. The van der Waals surface area contributed by atoms with Crippen LogP contribution in [0.5, 0.6) is 11.5 Å². The van der Waals surface area contributed by atoms with Crippen LogP contribution in [0.1, 0.15) is 22.6 Å². The zero-order chi connectivity index (χ0) is 18.8. The van der Waals surface area contributed by atoms with Gasteiger partial charge in [0.15, 0.2) is 0 Å². The van der Waals surface area contributed by atoms with Crippen molar-refractivity contribution in [3.8, 4) is 11.5 Å². The van der Waals surface area contributed by atoms with E-state index in [1.165, 1.54) is 0 Å². The number of rotatable bonds is 4. The first kappa shape index (κ1) is 16.9. The maximum absolute atomic E-state index is 12.8. The third-order valence-corrected chi connectivity index (χ3v) is 4.69. The number of aromatic hydroxyl groups is 1. The SMILES string of the molecule is COc1ccc(C(c2ccccc2)c2c(O)c3ccccc3oc2=O)cc1. The molecule has 1 N–H and O–H groups in total. The zero-order valence-corrected chi connectivity index (χ0v) is 14.8. The fourth-order valence-corrected chi connectivity index (χ4v) is 3.37. The molecule has 1 heterocycles. The van der Waals surface area contributed by atoms with Crippen molar-refractivity contribution in [3.63, 3.8) is 0 Å². The van der Waals surface area contributed by atoms with E-state index in [1.807, 2.05) is 54.6 Å². The van der Waals surface area contributed by atoms with Crippen molar-refractivity contribution in [2.75, 3.05) is 7.11 Å². The molecule has 1 aromatic heterocycles. The molecule has 0 aliphatic heterocycles. The fourth-order valence-electron chi connectivity index (χ4n) is 3.37. The minimum absolute atomic E-state index is 0.0495. The lowest BCUT2D eigenvalue weighted by atomic mass is 9.85. The normalized spacial score (nSPS) is 12.0. The highest BCUT2D eigenvalue weighted by Gasteiger charge is 2.26. The van der Waals surface area contributed by atoms with E-state index in [0.717, 1.165) is 16.9 Å². The summed E-state index contributed by atoms with van der Waals surface area (Å²) >= 11 is 0. The summed E-state index contributed by atoms with van der Waals surface area (Å²) in [5.74, 6) is 0.213. The van der Waals surface area contributed by atoms with Crippen molar-refractivity contribution >= 4 is 11.0 Å². The van der Waals surface area contributed by atoms with E-state index in [2.05, 4.69) is 0 Å². The minimum Gasteiger partial charge on any atom is -0.507 e. The summed E-state index contributed by atoms with van der Waals surface area (Å²) in [5.41, 5.74) is 1.80. The molecule has 4 nitrogen and oxygen atoms in total. The lowest BCUT2D eigenvalue weighted by Crippen LogP contribution is -2.15. The van der Waals surface area contributed by atoms with Crippen LogP contribution in [-0.2, 0) is 0 Å². The number of hydrogen-bond acceptors (Lipinski definition) is 4. The van der Waals surface area contributed by atoms with Gasteiger partial charge in [0.1, 0.15) is 17.1 Å². The molecule has 0 amide bonds. The summed E-state index contributed by atoms with van der Waals surface area (Å²) < 4.78 is 10.7. The summed E-state index contributed by atoms with van der Waals surface area (Å²) in [4.78, 5) is 12.8. The van der Waals surface area contributed by atoms with Crippen LogP contribution in [0, 0.1) is 0 Å². The molecule has 0 saturated heterocycles. The van der Waals surface area contributed by atoms with Crippen molar-refractivity contribution in [1.82, 2.24) is 0 Å². The molecule has 4 heteroatoms. The van der Waals surface area contributed by atoms with Gasteiger partial charge in [-0.3, -0.25) is 0 Å². The predicted octanol–water partition coefficient (Wildman–Crippen LogP) is 4.69. The molecule has 1 unspecified atom stereocenters. The molecular weight excluding hydrogens is 340 g/mol. The van der Waals surface area contributed by atoms with Gasteiger partial charge < -0.3 is 14.3 Å². The fraction of sp³-hybridized carbons (Fsp3) is 0.0870. The molecular formula is C23H18O4. The molecule has 0 aliphatic carbocycles. The Labute approximate surface area is 156 Å². The third-order valence-electron chi connectivity index (χ3n) is 4.69. The predicted molar refractivity (Wildman–Crippen MR) is 105 cm³/mol. The monoisotopic (exact) mass is 358 g/mol. The van der Waals surface area contributed by atoms with Gasteiger partial charge >= 0.3 is 5.63 Å². The number of para-hydroxylation sites is 1. The third kappa shape index (κ3) is 3.06. The first-order valence-corrected chi connectivity index (χ1v) is 8.62. The van der Waals surface area contributed by atoms with Crippen LogP contribution in [0.3, 0.4) is 0 Å². The Morgan fingerprint density at radius 2 is 1.48 bits per heavy atom. The molecule has 0 fully saturated rings. The van der Waals surface area contributed by atoms with Gasteiger partial charge in [0.25, 0.3) is 0 Å². The molecule has 4 aromatic rings. The molecule has 0 bridgehead atoms. The van der Waals surface area contributed by atoms with Gasteiger partial charge in [-0.15, -0.1) is 0 Å². The van der Waals surface area contributed by atoms with E-state index in [0.29, 0.717) is 11.0 Å². The van der Waals surface area contributed by atoms with E-state index >= 15 is 0 Å². The van der Waals surface area contributed by atoms with E-state index in [4.69, 9.17) is 9.15 Å². The van der Waals surface area contributed by atoms with Gasteiger partial charge in [-0.2, -0.15) is 0 Å². The van der Waals surface area contributed by atoms with Gasteiger partial charge in [-0.1, -0.05) is 54.6 Å². The maximum Gasteiger partial charge on any atom is 0.344 e. The molecule has 134 valence electrons. The average Bonchev–Trinajstić information content (AvgIpc) is 2.72. The highest BCUT2D eigenvalue weighted by Crippen LogP contribution is 2.38. The molecule has 0 radical (unpaired) electrons. The summed E-state index contributed by atoms with van der Waals surface area (Å²) in [6, 6.07) is 24.0. The molecule has 3 aromatic carbocycles. The number of ether oxygens (including phenoxy) is 1. The summed E-state index contributed by atoms with van der Waals surface area (Å²) in [7, 11) is 1.60. The van der Waals surface area contributed by atoms with Crippen LogP contribution >= 0.6 is 0 Å². The van der Waals surface area contributed by atoms with Crippen molar-refractivity contribution in [3.05, 3.63) is 106 Å². The topological polar surface area (TPSA) is 59.7 Å². The second-order valence-electron chi connectivity index (χ2n) is 6.26. The summed E-state index contributed by atoms with van der Waals surface area (Å²) in [6.07, 6.45) is 0. The van der Waals surface area contributed by atoms with Crippen LogP contribution in [0.4, 0.5) is 0 Å². The van der Waals surface area contributed by atoms with Crippen LogP contribution in [0.15, 0.2) is 88.1 Å². The number of fused-ring (bicyclic) bond motifs is 1. The van der Waals surface area contributed by atoms with Gasteiger partial charge in [0, 0.05) is 5.92 Å². The Bertz CT molecular complexity index is 1130. The highest BCUT2D eigenvalue weighted by atomic mass is 16.5. The Hall–Kier alpha value is -3.53. The van der Waals surface area contributed by atoms with Gasteiger partial charge in [-0.05, 0) is 35.4 Å². The average molecular weight is 358 g/mol. The molecule has 4 rings (SSSR count). The molecule has 0 aliphatic rings. The van der Waals surface area contributed by atoms with Crippen molar-refractivity contribution in [1.29, 1.82) is 0 Å². The van der Waals surface area contributed by atoms with Crippen molar-refractivity contribution in [2.24, 2.45) is 0 Å². The Balaban J connectivity index is 1.99. The highest BCUT2D eigenvalue weighted by molar-refractivity contribution is 5.84. The maximum atomic E-state index is 12.8. The molecule has 0 saturated carbocycles. The molecule has 1 atom stereocenters.